The van der Waals surface area contributed by atoms with E-state index in [4.69, 9.17) is 9.25 Å². The molecular weight excluding hydrogens is 299 g/mol. The van der Waals surface area contributed by atoms with E-state index < -0.39 is 5.60 Å². The standard InChI is InChI=1S/C17H17FN2O3/c1-11-7-8-12(22-11)10-19-16(21)17(2)9-15(20-23-17)13-5-3-4-6-14(13)18/h3-8H,9-10H2,1-2H3,(H,19,21). The number of hydrogen-bond acceptors (Lipinski definition) is 4. The molecule has 120 valence electrons. The van der Waals surface area contributed by atoms with E-state index in [0.717, 1.165) is 5.76 Å². The highest BCUT2D eigenvalue weighted by molar-refractivity contribution is 6.05. The highest BCUT2D eigenvalue weighted by atomic mass is 19.1. The molecule has 1 amide bonds. The summed E-state index contributed by atoms with van der Waals surface area (Å²) in [7, 11) is 0. The molecule has 2 heterocycles. The van der Waals surface area contributed by atoms with Gasteiger partial charge >= 0.3 is 0 Å². The first kappa shape index (κ1) is 15.3. The van der Waals surface area contributed by atoms with E-state index in [9.17, 15) is 9.18 Å². The molecule has 1 N–H and O–H groups in total. The molecule has 0 radical (unpaired) electrons. The normalized spacial score (nSPS) is 20.0. The Labute approximate surface area is 133 Å². The maximum absolute atomic E-state index is 13.8. The molecule has 0 fully saturated rings. The molecule has 1 aromatic carbocycles. The van der Waals surface area contributed by atoms with E-state index in [1.807, 2.05) is 13.0 Å². The van der Waals surface area contributed by atoms with Crippen molar-refractivity contribution >= 4 is 11.6 Å². The van der Waals surface area contributed by atoms with Gasteiger partial charge in [0.2, 0.25) is 5.60 Å². The number of rotatable bonds is 4. The SMILES string of the molecule is Cc1ccc(CNC(=O)C2(C)CC(c3ccccc3F)=NO2)o1. The molecule has 3 rings (SSSR count). The molecule has 0 bridgehead atoms. The predicted octanol–water partition coefficient (Wildman–Crippen LogP) is 2.93. The first-order chi connectivity index (χ1) is 11.0. The average molecular weight is 316 g/mol. The molecule has 1 atom stereocenters. The van der Waals surface area contributed by atoms with Crippen molar-refractivity contribution in [3.8, 4) is 0 Å². The van der Waals surface area contributed by atoms with Crippen molar-refractivity contribution in [2.24, 2.45) is 5.16 Å². The highest BCUT2D eigenvalue weighted by Crippen LogP contribution is 2.27. The molecule has 1 aliphatic rings. The number of carbonyl (C=O) groups excluding carboxylic acids is 1. The molecule has 0 aliphatic carbocycles. The summed E-state index contributed by atoms with van der Waals surface area (Å²) in [4.78, 5) is 17.7. The zero-order valence-electron chi connectivity index (χ0n) is 12.9. The summed E-state index contributed by atoms with van der Waals surface area (Å²) in [6.07, 6.45) is 0.205. The maximum atomic E-state index is 13.8. The minimum absolute atomic E-state index is 0.205. The lowest BCUT2D eigenvalue weighted by Gasteiger charge is -2.20. The zero-order chi connectivity index (χ0) is 16.4. The highest BCUT2D eigenvalue weighted by Gasteiger charge is 2.42. The number of aryl methyl sites for hydroxylation is 1. The van der Waals surface area contributed by atoms with Crippen LogP contribution in [-0.2, 0) is 16.2 Å². The van der Waals surface area contributed by atoms with Crippen LogP contribution < -0.4 is 5.32 Å². The quantitative estimate of drug-likeness (QED) is 0.943. The molecule has 1 aliphatic heterocycles. The number of oxime groups is 1. The smallest absolute Gasteiger partial charge is 0.267 e. The number of benzene rings is 1. The second kappa shape index (κ2) is 5.87. The van der Waals surface area contributed by atoms with Crippen molar-refractivity contribution in [1.29, 1.82) is 0 Å². The van der Waals surface area contributed by atoms with Crippen LogP contribution in [0.1, 0.15) is 30.4 Å². The Bertz CT molecular complexity index is 769. The number of nitrogens with one attached hydrogen (secondary N) is 1. The van der Waals surface area contributed by atoms with Crippen molar-refractivity contribution in [1.82, 2.24) is 5.32 Å². The molecule has 0 spiro atoms. The lowest BCUT2D eigenvalue weighted by atomic mass is 9.95. The van der Waals surface area contributed by atoms with Crippen LogP contribution in [0.15, 0.2) is 46.0 Å². The Kier molecular flexibility index (Phi) is 3.90. The first-order valence-electron chi connectivity index (χ1n) is 7.31. The monoisotopic (exact) mass is 316 g/mol. The maximum Gasteiger partial charge on any atom is 0.267 e. The van der Waals surface area contributed by atoms with Crippen molar-refractivity contribution < 1.29 is 18.4 Å². The molecule has 6 heteroatoms. The molecule has 0 saturated carbocycles. The summed E-state index contributed by atoms with van der Waals surface area (Å²) in [6, 6.07) is 9.92. The molecule has 5 nitrogen and oxygen atoms in total. The van der Waals surface area contributed by atoms with Crippen LogP contribution in [0.2, 0.25) is 0 Å². The number of carbonyl (C=O) groups is 1. The Morgan fingerprint density at radius 3 is 2.83 bits per heavy atom. The number of amides is 1. The number of nitrogens with zero attached hydrogens (tertiary/aromatic N) is 1. The summed E-state index contributed by atoms with van der Waals surface area (Å²) in [5.41, 5.74) is -0.375. The third kappa shape index (κ3) is 3.11. The second-order valence-corrected chi connectivity index (χ2v) is 5.71. The molecule has 1 unspecified atom stereocenters. The number of hydrogen-bond donors (Lipinski definition) is 1. The lowest BCUT2D eigenvalue weighted by Crippen LogP contribution is -2.44. The molecule has 23 heavy (non-hydrogen) atoms. The van der Waals surface area contributed by atoms with Crippen LogP contribution in [0.3, 0.4) is 0 Å². The molecule has 0 saturated heterocycles. The minimum atomic E-state index is -1.15. The number of furan rings is 1. The largest absolute Gasteiger partial charge is 0.465 e. The van der Waals surface area contributed by atoms with Gasteiger partial charge in [-0.25, -0.2) is 4.39 Å². The van der Waals surface area contributed by atoms with Crippen LogP contribution in [0.5, 0.6) is 0 Å². The fraction of sp³-hybridized carbons (Fsp3) is 0.294. The Hall–Kier alpha value is -2.63. The van der Waals surface area contributed by atoms with Crippen LogP contribution in [0.4, 0.5) is 4.39 Å². The van der Waals surface area contributed by atoms with Crippen molar-refractivity contribution in [3.05, 3.63) is 59.3 Å². The number of halogens is 1. The summed E-state index contributed by atoms with van der Waals surface area (Å²) < 4.78 is 19.2. The fourth-order valence-corrected chi connectivity index (χ4v) is 2.44. The van der Waals surface area contributed by atoms with Crippen molar-refractivity contribution in [3.63, 3.8) is 0 Å². The zero-order valence-corrected chi connectivity index (χ0v) is 12.9. The third-order valence-corrected chi connectivity index (χ3v) is 3.75. The van der Waals surface area contributed by atoms with Gasteiger partial charge in [-0.3, -0.25) is 4.79 Å². The van der Waals surface area contributed by atoms with Crippen LogP contribution in [-0.4, -0.2) is 17.2 Å². The minimum Gasteiger partial charge on any atom is -0.465 e. The van der Waals surface area contributed by atoms with Crippen LogP contribution in [0.25, 0.3) is 0 Å². The molecular formula is C17H17FN2O3. The van der Waals surface area contributed by atoms with E-state index in [0.29, 0.717) is 17.0 Å². The topological polar surface area (TPSA) is 63.8 Å². The molecule has 1 aromatic heterocycles. The van der Waals surface area contributed by atoms with Gasteiger partial charge in [-0.15, -0.1) is 0 Å². The fourth-order valence-electron chi connectivity index (χ4n) is 2.44. The molecule has 2 aromatic rings. The predicted molar refractivity (Wildman–Crippen MR) is 82.3 cm³/mol. The van der Waals surface area contributed by atoms with Gasteiger partial charge in [0.05, 0.1) is 12.3 Å². The van der Waals surface area contributed by atoms with Gasteiger partial charge < -0.3 is 14.6 Å². The Morgan fingerprint density at radius 2 is 2.13 bits per heavy atom. The van der Waals surface area contributed by atoms with Gasteiger partial charge in [0.1, 0.15) is 17.3 Å². The van der Waals surface area contributed by atoms with E-state index in [1.165, 1.54) is 6.07 Å². The summed E-state index contributed by atoms with van der Waals surface area (Å²) in [6.45, 7) is 3.73. The van der Waals surface area contributed by atoms with Gasteiger partial charge in [-0.2, -0.15) is 0 Å². The average Bonchev–Trinajstić information content (AvgIpc) is 3.12. The van der Waals surface area contributed by atoms with Crippen LogP contribution in [0, 0.1) is 12.7 Å². The van der Waals surface area contributed by atoms with E-state index in [1.54, 1.807) is 31.2 Å². The first-order valence-corrected chi connectivity index (χ1v) is 7.31. The van der Waals surface area contributed by atoms with Crippen LogP contribution >= 0.6 is 0 Å². The van der Waals surface area contributed by atoms with Gasteiger partial charge in [0.25, 0.3) is 5.91 Å². The van der Waals surface area contributed by atoms with E-state index >= 15 is 0 Å². The summed E-state index contributed by atoms with van der Waals surface area (Å²) >= 11 is 0. The van der Waals surface area contributed by atoms with E-state index in [-0.39, 0.29) is 24.7 Å². The summed E-state index contributed by atoms with van der Waals surface area (Å²) in [5.74, 6) is 0.739. The summed E-state index contributed by atoms with van der Waals surface area (Å²) in [5, 5.41) is 6.65. The van der Waals surface area contributed by atoms with Gasteiger partial charge in [0, 0.05) is 12.0 Å². The lowest BCUT2D eigenvalue weighted by molar-refractivity contribution is -0.142. The van der Waals surface area contributed by atoms with Crippen molar-refractivity contribution in [2.75, 3.05) is 0 Å². The van der Waals surface area contributed by atoms with E-state index in [2.05, 4.69) is 10.5 Å². The third-order valence-electron chi connectivity index (χ3n) is 3.75. The van der Waals surface area contributed by atoms with Gasteiger partial charge in [0.15, 0.2) is 0 Å². The van der Waals surface area contributed by atoms with Gasteiger partial charge in [-0.05, 0) is 32.0 Å². The Balaban J connectivity index is 1.65. The van der Waals surface area contributed by atoms with Crippen molar-refractivity contribution in [2.45, 2.75) is 32.4 Å². The Morgan fingerprint density at radius 1 is 1.35 bits per heavy atom. The van der Waals surface area contributed by atoms with Gasteiger partial charge in [-0.1, -0.05) is 23.4 Å². The second-order valence-electron chi connectivity index (χ2n) is 5.71.